The molecule has 0 spiro atoms. The van der Waals surface area contributed by atoms with Crippen molar-refractivity contribution < 1.29 is 18.4 Å². The second-order valence-corrected chi connectivity index (χ2v) is 5.74. The number of benzene rings is 1. The lowest BCUT2D eigenvalue weighted by Gasteiger charge is -2.15. The molecule has 114 valence electrons. The maximum Gasteiger partial charge on any atom is 0.237 e. The van der Waals surface area contributed by atoms with Crippen LogP contribution in [0.4, 0.5) is 14.5 Å². The highest BCUT2D eigenvalue weighted by molar-refractivity contribution is 7.09. The van der Waals surface area contributed by atoms with E-state index in [-0.39, 0.29) is 11.6 Å². The van der Waals surface area contributed by atoms with Gasteiger partial charge in [-0.15, -0.1) is 11.3 Å². The highest BCUT2D eigenvalue weighted by Gasteiger charge is 2.42. The second-order valence-electron chi connectivity index (χ2n) is 4.82. The number of rotatable bonds is 3. The van der Waals surface area contributed by atoms with Crippen LogP contribution in [0.2, 0.25) is 0 Å². The number of nitrogens with one attached hydrogen (secondary N) is 2. The first-order chi connectivity index (χ1) is 10.6. The summed E-state index contributed by atoms with van der Waals surface area (Å²) in [6, 6.07) is 3.47. The SMILES string of the molecule is O=C1NC[C@H](c2cncs2)[C@H]1C(=O)Nc1cccc(F)c1F. The summed E-state index contributed by atoms with van der Waals surface area (Å²) in [6.07, 6.45) is 1.60. The second kappa shape index (κ2) is 5.80. The van der Waals surface area contributed by atoms with E-state index < -0.39 is 29.4 Å². The van der Waals surface area contributed by atoms with E-state index in [1.54, 1.807) is 11.7 Å². The Kier molecular flexibility index (Phi) is 3.84. The molecule has 0 radical (unpaired) electrons. The van der Waals surface area contributed by atoms with Gasteiger partial charge < -0.3 is 10.6 Å². The number of carbonyl (C=O) groups excluding carboxylic acids is 2. The molecule has 1 fully saturated rings. The third-order valence-electron chi connectivity index (χ3n) is 3.49. The molecule has 2 amide bonds. The van der Waals surface area contributed by atoms with Gasteiger partial charge in [0.2, 0.25) is 11.8 Å². The minimum absolute atomic E-state index is 0.284. The molecule has 2 atom stereocenters. The summed E-state index contributed by atoms with van der Waals surface area (Å²) in [6.45, 7) is 0.310. The standard InChI is InChI=1S/C14H11F2N3O2S/c15-8-2-1-3-9(12(8)16)19-14(21)11-7(4-18-13(11)20)10-5-17-6-22-10/h1-3,5-7,11H,4H2,(H,18,20)(H,19,21)/t7-,11-/m1/s1. The van der Waals surface area contributed by atoms with Crippen molar-refractivity contribution in [3.05, 3.63) is 46.4 Å². The van der Waals surface area contributed by atoms with Crippen molar-refractivity contribution in [1.29, 1.82) is 0 Å². The van der Waals surface area contributed by atoms with Crippen LogP contribution in [0.5, 0.6) is 0 Å². The molecule has 0 saturated carbocycles. The summed E-state index contributed by atoms with van der Waals surface area (Å²) in [5.41, 5.74) is 1.33. The van der Waals surface area contributed by atoms with Crippen LogP contribution in [0, 0.1) is 17.6 Å². The predicted molar refractivity (Wildman–Crippen MR) is 76.3 cm³/mol. The van der Waals surface area contributed by atoms with E-state index in [0.29, 0.717) is 6.54 Å². The smallest absolute Gasteiger partial charge is 0.237 e. The summed E-state index contributed by atoms with van der Waals surface area (Å²) >= 11 is 1.34. The molecule has 1 aliphatic rings. The van der Waals surface area contributed by atoms with Crippen molar-refractivity contribution in [2.45, 2.75) is 5.92 Å². The van der Waals surface area contributed by atoms with E-state index in [1.807, 2.05) is 0 Å². The maximum absolute atomic E-state index is 13.6. The Bertz CT molecular complexity index is 721. The molecule has 3 rings (SSSR count). The van der Waals surface area contributed by atoms with E-state index in [4.69, 9.17) is 0 Å². The normalized spacial score (nSPS) is 20.7. The summed E-state index contributed by atoms with van der Waals surface area (Å²) in [5.74, 6) is -4.68. The summed E-state index contributed by atoms with van der Waals surface area (Å²) in [7, 11) is 0. The molecular weight excluding hydrogens is 312 g/mol. The molecule has 0 unspecified atom stereocenters. The lowest BCUT2D eigenvalue weighted by Crippen LogP contribution is -2.32. The average Bonchev–Trinajstić information content (AvgIpc) is 3.12. The predicted octanol–water partition coefficient (Wildman–Crippen LogP) is 1.89. The van der Waals surface area contributed by atoms with Gasteiger partial charge in [-0.1, -0.05) is 6.07 Å². The first-order valence-electron chi connectivity index (χ1n) is 6.49. The third kappa shape index (κ3) is 2.57. The molecule has 22 heavy (non-hydrogen) atoms. The lowest BCUT2D eigenvalue weighted by atomic mass is 9.93. The number of aromatic nitrogens is 1. The van der Waals surface area contributed by atoms with Gasteiger partial charge in [0.1, 0.15) is 5.92 Å². The molecule has 1 saturated heterocycles. The van der Waals surface area contributed by atoms with Crippen LogP contribution in [-0.2, 0) is 9.59 Å². The number of nitrogens with zero attached hydrogens (tertiary/aromatic N) is 1. The van der Waals surface area contributed by atoms with Crippen molar-refractivity contribution >= 4 is 28.8 Å². The maximum atomic E-state index is 13.6. The van der Waals surface area contributed by atoms with Crippen LogP contribution in [0.15, 0.2) is 29.9 Å². The largest absolute Gasteiger partial charge is 0.355 e. The fourth-order valence-electron chi connectivity index (χ4n) is 2.41. The minimum Gasteiger partial charge on any atom is -0.355 e. The molecule has 5 nitrogen and oxygen atoms in total. The number of carbonyl (C=O) groups is 2. The first-order valence-corrected chi connectivity index (χ1v) is 7.37. The van der Waals surface area contributed by atoms with Gasteiger partial charge in [0, 0.05) is 23.5 Å². The zero-order chi connectivity index (χ0) is 15.7. The summed E-state index contributed by atoms with van der Waals surface area (Å²) in [5, 5.41) is 4.90. The molecule has 2 N–H and O–H groups in total. The van der Waals surface area contributed by atoms with Gasteiger partial charge in [0.15, 0.2) is 11.6 Å². The molecular formula is C14H11F2N3O2S. The fraction of sp³-hybridized carbons (Fsp3) is 0.214. The number of hydrogen-bond acceptors (Lipinski definition) is 4. The Labute approximate surface area is 128 Å². The Morgan fingerprint density at radius 3 is 2.95 bits per heavy atom. The van der Waals surface area contributed by atoms with Crippen LogP contribution in [0.3, 0.4) is 0 Å². The topological polar surface area (TPSA) is 71.1 Å². The van der Waals surface area contributed by atoms with Gasteiger partial charge in [0.25, 0.3) is 0 Å². The molecule has 0 bridgehead atoms. The van der Waals surface area contributed by atoms with Gasteiger partial charge in [-0.05, 0) is 12.1 Å². The number of amides is 2. The summed E-state index contributed by atoms with van der Waals surface area (Å²) in [4.78, 5) is 28.9. The lowest BCUT2D eigenvalue weighted by molar-refractivity contribution is -0.130. The van der Waals surface area contributed by atoms with Gasteiger partial charge in [-0.25, -0.2) is 8.78 Å². The van der Waals surface area contributed by atoms with Crippen molar-refractivity contribution in [2.75, 3.05) is 11.9 Å². The Morgan fingerprint density at radius 2 is 2.23 bits per heavy atom. The van der Waals surface area contributed by atoms with E-state index in [2.05, 4.69) is 15.6 Å². The molecule has 1 aromatic carbocycles. The van der Waals surface area contributed by atoms with Crippen molar-refractivity contribution in [3.8, 4) is 0 Å². The zero-order valence-electron chi connectivity index (χ0n) is 11.2. The highest BCUT2D eigenvalue weighted by Crippen LogP contribution is 2.32. The van der Waals surface area contributed by atoms with E-state index >= 15 is 0 Å². The van der Waals surface area contributed by atoms with E-state index in [9.17, 15) is 18.4 Å². The quantitative estimate of drug-likeness (QED) is 0.848. The molecule has 2 heterocycles. The molecule has 0 aliphatic carbocycles. The Morgan fingerprint density at radius 1 is 1.41 bits per heavy atom. The van der Waals surface area contributed by atoms with Crippen LogP contribution < -0.4 is 10.6 Å². The monoisotopic (exact) mass is 323 g/mol. The van der Waals surface area contributed by atoms with Gasteiger partial charge >= 0.3 is 0 Å². The van der Waals surface area contributed by atoms with Crippen molar-refractivity contribution in [3.63, 3.8) is 0 Å². The Balaban J connectivity index is 1.84. The molecule has 8 heteroatoms. The molecule has 1 aliphatic heterocycles. The van der Waals surface area contributed by atoms with E-state index in [1.165, 1.54) is 23.5 Å². The van der Waals surface area contributed by atoms with Crippen LogP contribution >= 0.6 is 11.3 Å². The summed E-state index contributed by atoms with van der Waals surface area (Å²) < 4.78 is 26.8. The molecule has 1 aromatic heterocycles. The average molecular weight is 323 g/mol. The molecule has 2 aromatic rings. The van der Waals surface area contributed by atoms with Crippen LogP contribution in [0.1, 0.15) is 10.8 Å². The van der Waals surface area contributed by atoms with Crippen molar-refractivity contribution in [2.24, 2.45) is 5.92 Å². The van der Waals surface area contributed by atoms with Crippen LogP contribution in [-0.4, -0.2) is 23.3 Å². The Hall–Kier alpha value is -2.35. The third-order valence-corrected chi connectivity index (χ3v) is 4.40. The zero-order valence-corrected chi connectivity index (χ0v) is 12.0. The number of hydrogen-bond donors (Lipinski definition) is 2. The number of anilines is 1. The van der Waals surface area contributed by atoms with Crippen LogP contribution in [0.25, 0.3) is 0 Å². The highest BCUT2D eigenvalue weighted by atomic mass is 32.1. The van der Waals surface area contributed by atoms with E-state index in [0.717, 1.165) is 10.9 Å². The number of halogens is 2. The first kappa shape index (κ1) is 14.6. The van der Waals surface area contributed by atoms with Crippen molar-refractivity contribution in [1.82, 2.24) is 10.3 Å². The van der Waals surface area contributed by atoms with Gasteiger partial charge in [0.05, 0.1) is 11.2 Å². The minimum atomic E-state index is -1.15. The fourth-order valence-corrected chi connectivity index (χ4v) is 3.17. The van der Waals surface area contributed by atoms with Gasteiger partial charge in [-0.3, -0.25) is 14.6 Å². The van der Waals surface area contributed by atoms with Gasteiger partial charge in [-0.2, -0.15) is 0 Å². The number of thiazole rings is 1.